The predicted octanol–water partition coefficient (Wildman–Crippen LogP) is 2.05. The van der Waals surface area contributed by atoms with E-state index in [1.807, 2.05) is 0 Å². The van der Waals surface area contributed by atoms with Gasteiger partial charge < -0.3 is 11.5 Å². The third kappa shape index (κ3) is 2.78. The van der Waals surface area contributed by atoms with E-state index in [1.165, 1.54) is 30.0 Å². The number of halogens is 1. The summed E-state index contributed by atoms with van der Waals surface area (Å²) < 4.78 is 12.8. The maximum Gasteiger partial charge on any atom is 0.267 e. The largest absolute Gasteiger partial charge is 0.397 e. The summed E-state index contributed by atoms with van der Waals surface area (Å²) >= 11 is 1.24. The Labute approximate surface area is 107 Å². The van der Waals surface area contributed by atoms with Gasteiger partial charge in [-0.25, -0.2) is 9.37 Å². The number of anilines is 1. The maximum absolute atomic E-state index is 12.8. The van der Waals surface area contributed by atoms with Crippen LogP contribution in [-0.4, -0.2) is 10.9 Å². The van der Waals surface area contributed by atoms with E-state index >= 15 is 0 Å². The minimum atomic E-state index is -0.615. The zero-order valence-electron chi connectivity index (χ0n) is 9.26. The van der Waals surface area contributed by atoms with Crippen LogP contribution in [0.4, 0.5) is 10.1 Å². The van der Waals surface area contributed by atoms with Crippen molar-refractivity contribution in [2.45, 2.75) is 9.92 Å². The molecule has 92 valence electrons. The molecule has 0 aliphatic heterocycles. The highest BCUT2D eigenvalue weighted by molar-refractivity contribution is 7.99. The summed E-state index contributed by atoms with van der Waals surface area (Å²) in [5.41, 5.74) is 11.5. The van der Waals surface area contributed by atoms with Gasteiger partial charge in [0.05, 0.1) is 5.69 Å². The summed E-state index contributed by atoms with van der Waals surface area (Å²) in [5, 5.41) is 0.470. The molecule has 1 aromatic heterocycles. The van der Waals surface area contributed by atoms with Gasteiger partial charge >= 0.3 is 0 Å². The number of carbonyl (C=O) groups excluding carboxylic acids is 1. The molecular weight excluding hydrogens is 253 g/mol. The van der Waals surface area contributed by atoms with Crippen molar-refractivity contribution in [1.29, 1.82) is 0 Å². The number of nitrogen functional groups attached to an aromatic ring is 1. The van der Waals surface area contributed by atoms with Crippen LogP contribution in [0, 0.1) is 5.82 Å². The van der Waals surface area contributed by atoms with Crippen molar-refractivity contribution in [3.05, 3.63) is 47.9 Å². The number of carbonyl (C=O) groups is 1. The van der Waals surface area contributed by atoms with Gasteiger partial charge in [0, 0.05) is 4.90 Å². The van der Waals surface area contributed by atoms with E-state index in [2.05, 4.69) is 4.98 Å². The molecule has 0 unspecified atom stereocenters. The SMILES string of the molecule is NC(=O)c1ccc(N)c(Sc2ccc(F)cc2)n1. The Hall–Kier alpha value is -2.08. The number of nitrogens with two attached hydrogens (primary N) is 2. The molecule has 18 heavy (non-hydrogen) atoms. The van der Waals surface area contributed by atoms with Gasteiger partial charge in [0.1, 0.15) is 16.5 Å². The lowest BCUT2D eigenvalue weighted by Crippen LogP contribution is -2.13. The molecule has 0 bridgehead atoms. The third-order valence-corrected chi connectivity index (χ3v) is 3.20. The van der Waals surface area contributed by atoms with Crippen molar-refractivity contribution in [3.63, 3.8) is 0 Å². The van der Waals surface area contributed by atoms with Crippen LogP contribution in [0.1, 0.15) is 10.5 Å². The summed E-state index contributed by atoms with van der Waals surface area (Å²) in [6, 6.07) is 8.94. The Morgan fingerprint density at radius 2 is 1.83 bits per heavy atom. The molecule has 4 nitrogen and oxygen atoms in total. The van der Waals surface area contributed by atoms with Crippen molar-refractivity contribution < 1.29 is 9.18 Å². The van der Waals surface area contributed by atoms with Crippen LogP contribution in [0.25, 0.3) is 0 Å². The first-order chi connectivity index (χ1) is 8.56. The van der Waals surface area contributed by atoms with Gasteiger partial charge in [-0.2, -0.15) is 0 Å². The number of hydrogen-bond acceptors (Lipinski definition) is 4. The van der Waals surface area contributed by atoms with Gasteiger partial charge in [-0.3, -0.25) is 4.79 Å². The second-order valence-electron chi connectivity index (χ2n) is 3.51. The quantitative estimate of drug-likeness (QED) is 0.888. The van der Waals surface area contributed by atoms with Crippen LogP contribution in [0.3, 0.4) is 0 Å². The molecule has 2 rings (SSSR count). The first-order valence-corrected chi connectivity index (χ1v) is 5.87. The number of aromatic nitrogens is 1. The molecule has 0 aliphatic rings. The van der Waals surface area contributed by atoms with Crippen LogP contribution in [-0.2, 0) is 0 Å². The number of hydrogen-bond donors (Lipinski definition) is 2. The fourth-order valence-corrected chi connectivity index (χ4v) is 2.11. The minimum absolute atomic E-state index is 0.147. The molecule has 0 aliphatic carbocycles. The van der Waals surface area contributed by atoms with Crippen LogP contribution in [0.5, 0.6) is 0 Å². The molecule has 0 atom stereocenters. The average Bonchev–Trinajstić information content (AvgIpc) is 2.34. The lowest BCUT2D eigenvalue weighted by molar-refractivity contribution is 0.0995. The van der Waals surface area contributed by atoms with E-state index in [0.29, 0.717) is 10.7 Å². The number of rotatable bonds is 3. The molecule has 1 aromatic carbocycles. The second-order valence-corrected chi connectivity index (χ2v) is 4.57. The van der Waals surface area contributed by atoms with E-state index in [9.17, 15) is 9.18 Å². The van der Waals surface area contributed by atoms with E-state index in [4.69, 9.17) is 11.5 Å². The van der Waals surface area contributed by atoms with Crippen molar-refractivity contribution in [2.24, 2.45) is 5.73 Å². The van der Waals surface area contributed by atoms with Crippen molar-refractivity contribution in [3.8, 4) is 0 Å². The number of benzene rings is 1. The molecule has 0 saturated carbocycles. The van der Waals surface area contributed by atoms with Gasteiger partial charge in [-0.15, -0.1) is 0 Å². The zero-order chi connectivity index (χ0) is 13.1. The molecule has 2 aromatic rings. The van der Waals surface area contributed by atoms with E-state index in [1.54, 1.807) is 18.2 Å². The van der Waals surface area contributed by atoms with Crippen molar-refractivity contribution in [2.75, 3.05) is 5.73 Å². The van der Waals surface area contributed by atoms with Crippen molar-refractivity contribution >= 4 is 23.4 Å². The minimum Gasteiger partial charge on any atom is -0.397 e. The Balaban J connectivity index is 2.30. The molecule has 1 amide bonds. The highest BCUT2D eigenvalue weighted by atomic mass is 32.2. The Morgan fingerprint density at radius 1 is 1.17 bits per heavy atom. The molecule has 6 heteroatoms. The second kappa shape index (κ2) is 5.05. The Kier molecular flexibility index (Phi) is 3.47. The summed E-state index contributed by atoms with van der Waals surface area (Å²) in [4.78, 5) is 15.9. The van der Waals surface area contributed by atoms with E-state index in [0.717, 1.165) is 4.90 Å². The molecule has 4 N–H and O–H groups in total. The fourth-order valence-electron chi connectivity index (χ4n) is 1.28. The number of pyridine rings is 1. The van der Waals surface area contributed by atoms with Crippen LogP contribution in [0.2, 0.25) is 0 Å². The summed E-state index contributed by atoms with van der Waals surface area (Å²) in [6.45, 7) is 0. The smallest absolute Gasteiger partial charge is 0.267 e. The molecule has 1 heterocycles. The van der Waals surface area contributed by atoms with Gasteiger partial charge in [-0.1, -0.05) is 11.8 Å². The fraction of sp³-hybridized carbons (Fsp3) is 0. The lowest BCUT2D eigenvalue weighted by Gasteiger charge is -2.05. The predicted molar refractivity (Wildman–Crippen MR) is 67.7 cm³/mol. The van der Waals surface area contributed by atoms with E-state index in [-0.39, 0.29) is 11.5 Å². The van der Waals surface area contributed by atoms with Crippen molar-refractivity contribution in [1.82, 2.24) is 4.98 Å². The third-order valence-electron chi connectivity index (χ3n) is 2.17. The highest BCUT2D eigenvalue weighted by Gasteiger charge is 2.08. The summed E-state index contributed by atoms with van der Waals surface area (Å²) in [7, 11) is 0. The van der Waals surface area contributed by atoms with Crippen LogP contribution < -0.4 is 11.5 Å². The zero-order valence-corrected chi connectivity index (χ0v) is 10.1. The van der Waals surface area contributed by atoms with Crippen LogP contribution in [0.15, 0.2) is 46.3 Å². The Bertz CT molecular complexity index is 586. The van der Waals surface area contributed by atoms with Gasteiger partial charge in [-0.05, 0) is 36.4 Å². The lowest BCUT2D eigenvalue weighted by atomic mass is 10.3. The normalized spacial score (nSPS) is 10.3. The standard InChI is InChI=1S/C12H10FN3OS/c13-7-1-3-8(4-2-7)18-12-9(14)5-6-10(16-12)11(15)17/h1-6H,14H2,(H2,15,17). The van der Waals surface area contributed by atoms with Gasteiger partial charge in [0.15, 0.2) is 0 Å². The summed E-state index contributed by atoms with van der Waals surface area (Å²) in [6.07, 6.45) is 0. The topological polar surface area (TPSA) is 82.0 Å². The number of amides is 1. The highest BCUT2D eigenvalue weighted by Crippen LogP contribution is 2.30. The molecule has 0 radical (unpaired) electrons. The van der Waals surface area contributed by atoms with Gasteiger partial charge in [0.25, 0.3) is 5.91 Å². The molecule has 0 saturated heterocycles. The van der Waals surface area contributed by atoms with Gasteiger partial charge in [0.2, 0.25) is 0 Å². The average molecular weight is 263 g/mol. The van der Waals surface area contributed by atoms with Crippen LogP contribution >= 0.6 is 11.8 Å². The Morgan fingerprint density at radius 3 is 2.44 bits per heavy atom. The molecule has 0 spiro atoms. The van der Waals surface area contributed by atoms with E-state index < -0.39 is 5.91 Å². The number of nitrogens with zero attached hydrogens (tertiary/aromatic N) is 1. The maximum atomic E-state index is 12.8. The monoisotopic (exact) mass is 263 g/mol. The first-order valence-electron chi connectivity index (χ1n) is 5.06. The number of primary amides is 1. The molecule has 0 fully saturated rings. The molecular formula is C12H10FN3OS. The summed E-state index contributed by atoms with van der Waals surface area (Å²) in [5.74, 6) is -0.929. The first kappa shape index (κ1) is 12.4.